The van der Waals surface area contributed by atoms with Crippen molar-refractivity contribution in [2.75, 3.05) is 27.9 Å². The van der Waals surface area contributed by atoms with E-state index in [0.29, 0.717) is 29.2 Å². The second kappa shape index (κ2) is 10.5. The Bertz CT molecular complexity index is 1300. The number of aliphatic hydroxyl groups excluding tert-OH is 1. The second-order valence-corrected chi connectivity index (χ2v) is 8.21. The zero-order chi connectivity index (χ0) is 25.8. The number of amides is 1. The van der Waals surface area contributed by atoms with Crippen LogP contribution in [0.5, 0.6) is 17.2 Å². The Morgan fingerprint density at radius 3 is 2.17 bits per heavy atom. The Kier molecular flexibility index (Phi) is 7.24. The number of methoxy groups -OCH3 is 3. The van der Waals surface area contributed by atoms with Gasteiger partial charge in [-0.15, -0.1) is 0 Å². The third kappa shape index (κ3) is 4.75. The summed E-state index contributed by atoms with van der Waals surface area (Å²) >= 11 is 0. The Morgan fingerprint density at radius 1 is 0.889 bits per heavy atom. The van der Waals surface area contributed by atoms with Gasteiger partial charge in [0.05, 0.1) is 32.9 Å². The highest BCUT2D eigenvalue weighted by Crippen LogP contribution is 2.40. The van der Waals surface area contributed by atoms with Crippen LogP contribution in [-0.4, -0.2) is 49.6 Å². The first-order valence-corrected chi connectivity index (χ1v) is 11.3. The van der Waals surface area contributed by atoms with E-state index in [-0.39, 0.29) is 23.4 Å². The van der Waals surface area contributed by atoms with Crippen LogP contribution in [0, 0.1) is 5.82 Å². The predicted molar refractivity (Wildman–Crippen MR) is 132 cm³/mol. The quantitative estimate of drug-likeness (QED) is 0.283. The van der Waals surface area contributed by atoms with Crippen molar-refractivity contribution in [3.8, 4) is 17.2 Å². The first-order chi connectivity index (χ1) is 17.4. The molecule has 0 radical (unpaired) electrons. The van der Waals surface area contributed by atoms with Gasteiger partial charge in [-0.1, -0.05) is 18.2 Å². The molecule has 1 heterocycles. The van der Waals surface area contributed by atoms with Crippen molar-refractivity contribution in [1.82, 2.24) is 4.90 Å². The van der Waals surface area contributed by atoms with E-state index in [0.717, 1.165) is 5.56 Å². The molecule has 0 bridgehead atoms. The molecule has 1 fully saturated rings. The number of aliphatic hydroxyl groups is 1. The molecule has 0 spiro atoms. The largest absolute Gasteiger partial charge is 0.507 e. The van der Waals surface area contributed by atoms with E-state index < -0.39 is 23.5 Å². The molecule has 1 N–H and O–H groups in total. The summed E-state index contributed by atoms with van der Waals surface area (Å²) in [6, 6.07) is 16.7. The number of ketones is 1. The van der Waals surface area contributed by atoms with Crippen LogP contribution >= 0.6 is 0 Å². The summed E-state index contributed by atoms with van der Waals surface area (Å²) < 4.78 is 29.3. The average molecular weight is 492 g/mol. The van der Waals surface area contributed by atoms with Crippen LogP contribution in [-0.2, 0) is 16.0 Å². The second-order valence-electron chi connectivity index (χ2n) is 8.21. The van der Waals surface area contributed by atoms with Gasteiger partial charge >= 0.3 is 0 Å². The van der Waals surface area contributed by atoms with E-state index in [2.05, 4.69) is 0 Å². The molecule has 1 aliphatic heterocycles. The van der Waals surface area contributed by atoms with Gasteiger partial charge in [0.1, 0.15) is 17.3 Å². The number of carbonyl (C=O) groups excluding carboxylic acids is 2. The molecule has 3 aromatic rings. The smallest absolute Gasteiger partial charge is 0.295 e. The summed E-state index contributed by atoms with van der Waals surface area (Å²) in [7, 11) is 4.63. The summed E-state index contributed by atoms with van der Waals surface area (Å²) in [5.41, 5.74) is 1.70. The van der Waals surface area contributed by atoms with E-state index >= 15 is 0 Å². The van der Waals surface area contributed by atoms with E-state index in [1.165, 1.54) is 29.2 Å². The summed E-state index contributed by atoms with van der Waals surface area (Å²) in [6.45, 7) is 0.205. The fourth-order valence-electron chi connectivity index (χ4n) is 4.29. The average Bonchev–Trinajstić information content (AvgIpc) is 3.16. The number of hydrogen-bond acceptors (Lipinski definition) is 6. The Labute approximate surface area is 208 Å². The zero-order valence-electron chi connectivity index (χ0n) is 20.2. The highest BCUT2D eigenvalue weighted by molar-refractivity contribution is 6.46. The minimum atomic E-state index is -0.832. The molecule has 0 saturated carbocycles. The molecule has 36 heavy (non-hydrogen) atoms. The van der Waals surface area contributed by atoms with Crippen LogP contribution < -0.4 is 14.2 Å². The molecule has 0 aromatic heterocycles. The lowest BCUT2D eigenvalue weighted by atomic mass is 9.95. The fourth-order valence-corrected chi connectivity index (χ4v) is 4.29. The third-order valence-electron chi connectivity index (χ3n) is 6.18. The molecule has 0 aliphatic carbocycles. The summed E-state index contributed by atoms with van der Waals surface area (Å²) in [5, 5.41) is 11.1. The van der Waals surface area contributed by atoms with Crippen molar-refractivity contribution in [2.45, 2.75) is 12.5 Å². The maximum absolute atomic E-state index is 13.4. The van der Waals surface area contributed by atoms with Gasteiger partial charge in [-0.3, -0.25) is 9.59 Å². The number of halogens is 1. The molecule has 1 atom stereocenters. The van der Waals surface area contributed by atoms with Gasteiger partial charge in [0.2, 0.25) is 0 Å². The molecular formula is C28H26FNO6. The molecule has 1 unspecified atom stereocenters. The third-order valence-corrected chi connectivity index (χ3v) is 6.18. The van der Waals surface area contributed by atoms with Gasteiger partial charge < -0.3 is 24.2 Å². The molecule has 8 heteroatoms. The number of benzene rings is 3. The highest BCUT2D eigenvalue weighted by Gasteiger charge is 2.45. The normalized spacial score (nSPS) is 16.8. The molecular weight excluding hydrogens is 465 g/mol. The first-order valence-electron chi connectivity index (χ1n) is 11.3. The number of rotatable bonds is 8. The van der Waals surface area contributed by atoms with Crippen molar-refractivity contribution in [2.24, 2.45) is 0 Å². The van der Waals surface area contributed by atoms with Crippen molar-refractivity contribution < 1.29 is 33.3 Å². The van der Waals surface area contributed by atoms with Gasteiger partial charge in [-0.25, -0.2) is 4.39 Å². The van der Waals surface area contributed by atoms with E-state index in [4.69, 9.17) is 14.2 Å². The zero-order valence-corrected chi connectivity index (χ0v) is 20.2. The number of carbonyl (C=O) groups is 2. The van der Waals surface area contributed by atoms with Gasteiger partial charge in [-0.2, -0.15) is 0 Å². The molecule has 7 nitrogen and oxygen atoms in total. The van der Waals surface area contributed by atoms with Crippen molar-refractivity contribution >= 4 is 17.4 Å². The number of nitrogens with zero attached hydrogens (tertiary/aromatic N) is 1. The van der Waals surface area contributed by atoms with E-state index in [9.17, 15) is 19.1 Å². The maximum atomic E-state index is 13.4. The Morgan fingerprint density at radius 2 is 1.56 bits per heavy atom. The molecule has 1 aliphatic rings. The minimum Gasteiger partial charge on any atom is -0.507 e. The van der Waals surface area contributed by atoms with Crippen LogP contribution in [0.1, 0.15) is 22.7 Å². The minimum absolute atomic E-state index is 0.0518. The highest BCUT2D eigenvalue weighted by atomic mass is 19.1. The maximum Gasteiger partial charge on any atom is 0.295 e. The van der Waals surface area contributed by atoms with Crippen LogP contribution in [0.25, 0.3) is 5.76 Å². The first kappa shape index (κ1) is 24.8. The molecule has 1 saturated heterocycles. The summed E-state index contributed by atoms with van der Waals surface area (Å²) in [5.74, 6) is -0.611. The topological polar surface area (TPSA) is 85.3 Å². The summed E-state index contributed by atoms with van der Waals surface area (Å²) in [4.78, 5) is 27.8. The van der Waals surface area contributed by atoms with Crippen molar-refractivity contribution in [3.05, 3.63) is 94.8 Å². The van der Waals surface area contributed by atoms with Crippen LogP contribution in [0.4, 0.5) is 4.39 Å². The van der Waals surface area contributed by atoms with Gasteiger partial charge in [-0.05, 0) is 66.1 Å². The molecule has 186 valence electrons. The summed E-state index contributed by atoms with van der Waals surface area (Å²) in [6.07, 6.45) is 0.427. The fraction of sp³-hybridized carbons (Fsp3) is 0.214. The number of likely N-dealkylation sites (tertiary alicyclic amines) is 1. The Balaban J connectivity index is 1.74. The van der Waals surface area contributed by atoms with E-state index in [1.807, 2.05) is 12.1 Å². The van der Waals surface area contributed by atoms with Crippen LogP contribution in [0.2, 0.25) is 0 Å². The SMILES string of the molecule is COc1ccc(C2/C(=C(\O)c3ccc(F)cc3)C(=O)C(=O)N2CCc2ccc(OC)c(OC)c2)cc1. The number of hydrogen-bond donors (Lipinski definition) is 1. The van der Waals surface area contributed by atoms with E-state index in [1.54, 1.807) is 51.7 Å². The monoisotopic (exact) mass is 491 g/mol. The molecule has 1 amide bonds. The lowest BCUT2D eigenvalue weighted by molar-refractivity contribution is -0.139. The lowest BCUT2D eigenvalue weighted by Gasteiger charge is -2.25. The molecule has 3 aromatic carbocycles. The number of ether oxygens (including phenoxy) is 3. The van der Waals surface area contributed by atoms with Gasteiger partial charge in [0, 0.05) is 12.1 Å². The van der Waals surface area contributed by atoms with Gasteiger partial charge in [0.15, 0.2) is 11.5 Å². The standard InChI is InChI=1S/C28H26FNO6/c1-34-21-11-7-18(8-12-21)25-24(26(31)19-5-9-20(29)10-6-19)27(32)28(33)30(25)15-14-17-4-13-22(35-2)23(16-17)36-3/h4-13,16,25,31H,14-15H2,1-3H3/b26-24+. The lowest BCUT2D eigenvalue weighted by Crippen LogP contribution is -2.31. The van der Waals surface area contributed by atoms with Crippen LogP contribution in [0.15, 0.2) is 72.3 Å². The Hall–Kier alpha value is -4.33. The van der Waals surface area contributed by atoms with Crippen LogP contribution in [0.3, 0.4) is 0 Å². The number of Topliss-reactive ketones (excluding diaryl/α,β-unsaturated/α-hetero) is 1. The van der Waals surface area contributed by atoms with Crippen molar-refractivity contribution in [3.63, 3.8) is 0 Å². The predicted octanol–water partition coefficient (Wildman–Crippen LogP) is 4.52. The van der Waals surface area contributed by atoms with Crippen molar-refractivity contribution in [1.29, 1.82) is 0 Å². The van der Waals surface area contributed by atoms with Gasteiger partial charge in [0.25, 0.3) is 11.7 Å². The molecule has 4 rings (SSSR count).